The molecule has 8 nitrogen and oxygen atoms in total. The van der Waals surface area contributed by atoms with Gasteiger partial charge in [-0.25, -0.2) is 14.4 Å². The molecule has 2 bridgehead atoms. The third-order valence-corrected chi connectivity index (χ3v) is 9.08. The Bertz CT molecular complexity index is 1470. The molecule has 4 aliphatic rings. The third kappa shape index (κ3) is 5.80. The highest BCUT2D eigenvalue weighted by Crippen LogP contribution is 2.45. The van der Waals surface area contributed by atoms with Crippen molar-refractivity contribution in [2.75, 3.05) is 45.2 Å². The SMILES string of the molecule is COc1cc2ncnc(Nc3ccc(Cl)c(Cl)c3F)c2cc1O[C@H]1[C@@H]2C[C@H]1CN(C(=O)/C=C/CN1CCCCC1)C2. The molecule has 3 aromatic rings. The summed E-state index contributed by atoms with van der Waals surface area (Å²) in [6.07, 6.45) is 9.89. The Balaban J connectivity index is 1.15. The van der Waals surface area contributed by atoms with E-state index in [0.29, 0.717) is 41.3 Å². The molecule has 1 aromatic heterocycles. The number of ether oxygens (including phenoxy) is 2. The van der Waals surface area contributed by atoms with Gasteiger partial charge >= 0.3 is 0 Å². The fourth-order valence-corrected chi connectivity index (χ4v) is 6.39. The number of carbonyl (C=O) groups excluding carboxylic acids is 1. The predicted octanol–water partition coefficient (Wildman–Crippen LogP) is 6.10. The predicted molar refractivity (Wildman–Crippen MR) is 158 cm³/mol. The van der Waals surface area contributed by atoms with Gasteiger partial charge in [-0.05, 0) is 50.6 Å². The average Bonchev–Trinajstić information content (AvgIpc) is 3.00. The summed E-state index contributed by atoms with van der Waals surface area (Å²) < 4.78 is 26.9. The second kappa shape index (κ2) is 12.0. The molecule has 1 N–H and O–H groups in total. The average molecular weight is 601 g/mol. The number of fused-ring (bicyclic) bond motifs is 3. The van der Waals surface area contributed by atoms with Crippen LogP contribution >= 0.6 is 23.2 Å². The number of rotatable bonds is 8. The maximum Gasteiger partial charge on any atom is 0.246 e. The van der Waals surface area contributed by atoms with Crippen LogP contribution in [-0.2, 0) is 4.79 Å². The molecule has 1 amide bonds. The van der Waals surface area contributed by atoms with Crippen molar-refractivity contribution in [1.82, 2.24) is 19.8 Å². The number of hydrogen-bond acceptors (Lipinski definition) is 7. The summed E-state index contributed by atoms with van der Waals surface area (Å²) in [5.74, 6) is 1.36. The van der Waals surface area contributed by atoms with Gasteiger partial charge < -0.3 is 19.7 Å². The minimum atomic E-state index is -0.668. The van der Waals surface area contributed by atoms with Crippen LogP contribution in [0.5, 0.6) is 11.5 Å². The maximum absolute atomic E-state index is 14.7. The Labute approximate surface area is 248 Å². The Morgan fingerprint density at radius 1 is 1.12 bits per heavy atom. The minimum Gasteiger partial charge on any atom is -0.493 e. The molecule has 7 rings (SSSR count). The monoisotopic (exact) mass is 599 g/mol. The van der Waals surface area contributed by atoms with Crippen LogP contribution in [0.4, 0.5) is 15.9 Å². The van der Waals surface area contributed by atoms with Crippen LogP contribution in [0.3, 0.4) is 0 Å². The molecular weight excluding hydrogens is 568 g/mol. The van der Waals surface area contributed by atoms with E-state index in [4.69, 9.17) is 32.7 Å². The molecule has 41 heavy (non-hydrogen) atoms. The first-order chi connectivity index (χ1) is 19.9. The zero-order chi connectivity index (χ0) is 28.5. The van der Waals surface area contributed by atoms with Crippen LogP contribution in [0.2, 0.25) is 10.0 Å². The van der Waals surface area contributed by atoms with Crippen LogP contribution in [0, 0.1) is 17.7 Å². The van der Waals surface area contributed by atoms with Crippen LogP contribution in [0.25, 0.3) is 10.9 Å². The Morgan fingerprint density at radius 3 is 2.66 bits per heavy atom. The van der Waals surface area contributed by atoms with Crippen LogP contribution in [0.1, 0.15) is 25.7 Å². The largest absolute Gasteiger partial charge is 0.493 e. The summed E-state index contributed by atoms with van der Waals surface area (Å²) in [5.41, 5.74) is 0.745. The van der Waals surface area contributed by atoms with Crippen molar-refractivity contribution >= 4 is 51.5 Å². The Morgan fingerprint density at radius 2 is 1.90 bits per heavy atom. The van der Waals surface area contributed by atoms with Gasteiger partial charge in [0.15, 0.2) is 17.3 Å². The van der Waals surface area contributed by atoms with Crippen molar-refractivity contribution in [3.63, 3.8) is 0 Å². The standard InChI is InChI=1S/C30H32Cl2FN5O3/c1-40-24-14-23-20(30(35-17-34-23)36-22-8-7-21(31)27(32)28(22)33)13-25(24)41-29-18-12-19(29)16-38(15-18)26(39)6-5-11-37-9-3-2-4-10-37/h5-8,13-14,17-19,29H,2-4,9-12,15-16H2,1H3,(H,34,35,36)/b6-5+/t18-,19+,29+. The second-order valence-electron chi connectivity index (χ2n) is 10.9. The molecule has 4 fully saturated rings. The summed E-state index contributed by atoms with van der Waals surface area (Å²) in [7, 11) is 1.58. The normalized spacial score (nSPS) is 22.5. The maximum atomic E-state index is 14.7. The summed E-state index contributed by atoms with van der Waals surface area (Å²) in [6, 6.07) is 6.61. The first-order valence-electron chi connectivity index (χ1n) is 14.0. The summed E-state index contributed by atoms with van der Waals surface area (Å²) >= 11 is 11.9. The van der Waals surface area contributed by atoms with E-state index >= 15 is 0 Å². The molecule has 2 aromatic carbocycles. The highest BCUT2D eigenvalue weighted by atomic mass is 35.5. The number of amides is 1. The van der Waals surface area contributed by atoms with Gasteiger partial charge in [0.25, 0.3) is 0 Å². The van der Waals surface area contributed by atoms with Gasteiger partial charge in [0.1, 0.15) is 18.2 Å². The zero-order valence-corrected chi connectivity index (χ0v) is 24.3. The number of hydrogen-bond donors (Lipinski definition) is 1. The fraction of sp³-hybridized carbons (Fsp3) is 0.433. The van der Waals surface area contributed by atoms with Gasteiger partial charge in [-0.15, -0.1) is 0 Å². The highest BCUT2D eigenvalue weighted by molar-refractivity contribution is 6.42. The minimum absolute atomic E-state index is 0.0312. The quantitative estimate of drug-likeness (QED) is 0.248. The van der Waals surface area contributed by atoms with E-state index in [0.717, 1.165) is 26.1 Å². The lowest BCUT2D eigenvalue weighted by molar-refractivity contribution is -0.142. The Hall–Kier alpha value is -3.14. The molecule has 0 spiro atoms. The summed E-state index contributed by atoms with van der Waals surface area (Å²) in [6.45, 7) is 4.38. The van der Waals surface area contributed by atoms with Gasteiger partial charge in [-0.2, -0.15) is 0 Å². The van der Waals surface area contributed by atoms with Gasteiger partial charge in [0.2, 0.25) is 5.91 Å². The van der Waals surface area contributed by atoms with Crippen LogP contribution < -0.4 is 14.8 Å². The summed E-state index contributed by atoms with van der Waals surface area (Å²) in [4.78, 5) is 25.9. The number of methoxy groups -OCH3 is 1. The smallest absolute Gasteiger partial charge is 0.246 e. The molecule has 216 valence electrons. The van der Waals surface area contributed by atoms with E-state index in [1.807, 2.05) is 17.0 Å². The lowest BCUT2D eigenvalue weighted by Gasteiger charge is -2.52. The van der Waals surface area contributed by atoms with Crippen molar-refractivity contribution in [1.29, 1.82) is 0 Å². The van der Waals surface area contributed by atoms with E-state index < -0.39 is 5.82 Å². The number of piperidine rings is 3. The van der Waals surface area contributed by atoms with Crippen molar-refractivity contribution in [2.45, 2.75) is 31.8 Å². The van der Waals surface area contributed by atoms with Crippen LogP contribution in [0.15, 0.2) is 42.7 Å². The number of nitrogens with one attached hydrogen (secondary N) is 1. The van der Waals surface area contributed by atoms with Crippen molar-refractivity contribution in [2.24, 2.45) is 11.8 Å². The van der Waals surface area contributed by atoms with E-state index in [9.17, 15) is 9.18 Å². The number of nitrogens with zero attached hydrogens (tertiary/aromatic N) is 4. The molecule has 1 aliphatic carbocycles. The number of benzene rings is 2. The Kier molecular flexibility index (Phi) is 8.19. The number of halogens is 3. The lowest BCUT2D eigenvalue weighted by Crippen LogP contribution is -2.61. The van der Waals surface area contributed by atoms with Crippen molar-refractivity contribution in [3.05, 3.63) is 58.6 Å². The number of anilines is 2. The highest BCUT2D eigenvalue weighted by Gasteiger charge is 2.49. The van der Waals surface area contributed by atoms with Gasteiger partial charge in [0.05, 0.1) is 28.4 Å². The van der Waals surface area contributed by atoms with Crippen LogP contribution in [-0.4, -0.2) is 71.6 Å². The molecule has 1 saturated carbocycles. The van der Waals surface area contributed by atoms with Gasteiger partial charge in [-0.1, -0.05) is 35.7 Å². The molecule has 0 radical (unpaired) electrons. The molecule has 0 unspecified atom stereocenters. The van der Waals surface area contributed by atoms with E-state index in [2.05, 4.69) is 20.2 Å². The molecule has 3 saturated heterocycles. The fourth-order valence-electron chi connectivity index (χ4n) is 6.08. The first kappa shape index (κ1) is 28.0. The number of aromatic nitrogens is 2. The molecule has 11 heteroatoms. The van der Waals surface area contributed by atoms with Crippen molar-refractivity contribution in [3.8, 4) is 11.5 Å². The topological polar surface area (TPSA) is 79.8 Å². The van der Waals surface area contributed by atoms with E-state index in [1.54, 1.807) is 19.3 Å². The second-order valence-corrected chi connectivity index (χ2v) is 11.7. The molecule has 4 heterocycles. The summed E-state index contributed by atoms with van der Waals surface area (Å²) in [5, 5.41) is 3.60. The molecule has 3 atom stereocenters. The van der Waals surface area contributed by atoms with E-state index in [-0.39, 0.29) is 39.6 Å². The zero-order valence-electron chi connectivity index (χ0n) is 22.8. The van der Waals surface area contributed by atoms with Gasteiger partial charge in [0, 0.05) is 49.0 Å². The molecular formula is C30H32Cl2FN5O3. The number of carbonyl (C=O) groups is 1. The van der Waals surface area contributed by atoms with Crippen molar-refractivity contribution < 1.29 is 18.7 Å². The lowest BCUT2D eigenvalue weighted by atomic mass is 9.68. The number of likely N-dealkylation sites (tertiary alicyclic amines) is 1. The van der Waals surface area contributed by atoms with Gasteiger partial charge in [-0.3, -0.25) is 9.69 Å². The van der Waals surface area contributed by atoms with E-state index in [1.165, 1.54) is 37.7 Å². The molecule has 3 aliphatic heterocycles. The third-order valence-electron chi connectivity index (χ3n) is 8.30. The first-order valence-corrected chi connectivity index (χ1v) is 14.7.